The van der Waals surface area contributed by atoms with Crippen LogP contribution in [-0.2, 0) is 4.74 Å². The summed E-state index contributed by atoms with van der Waals surface area (Å²) in [5.41, 5.74) is 3.83. The van der Waals surface area contributed by atoms with Gasteiger partial charge in [-0.1, -0.05) is 35.9 Å². The van der Waals surface area contributed by atoms with Crippen LogP contribution >= 0.6 is 11.6 Å². The monoisotopic (exact) mass is 481 g/mol. The number of carbonyl (C=O) groups excluding carboxylic acids is 2. The molecule has 2 amide bonds. The predicted molar refractivity (Wildman–Crippen MR) is 135 cm³/mol. The fourth-order valence-corrected chi connectivity index (χ4v) is 3.62. The highest BCUT2D eigenvalue weighted by Crippen LogP contribution is 2.37. The molecular formula is C26H28ClN3O4. The summed E-state index contributed by atoms with van der Waals surface area (Å²) in [6.45, 7) is 9.11. The van der Waals surface area contributed by atoms with E-state index in [1.165, 1.54) is 0 Å². The quantitative estimate of drug-likeness (QED) is 0.427. The molecule has 3 aromatic rings. The number of benzene rings is 2. The Bertz CT molecular complexity index is 1240. The first-order valence-corrected chi connectivity index (χ1v) is 11.1. The first-order chi connectivity index (χ1) is 16.0. The topological polar surface area (TPSA) is 89.6 Å². The fourth-order valence-electron chi connectivity index (χ4n) is 3.35. The van der Waals surface area contributed by atoms with Gasteiger partial charge in [0.05, 0.1) is 17.8 Å². The molecule has 3 rings (SSSR count). The normalized spacial score (nSPS) is 11.0. The number of aryl methyl sites for hydroxylation is 1. The smallest absolute Gasteiger partial charge is 0.412 e. The summed E-state index contributed by atoms with van der Waals surface area (Å²) in [5, 5.41) is 5.97. The number of anilines is 2. The van der Waals surface area contributed by atoms with Crippen LogP contribution in [0.4, 0.5) is 16.2 Å². The molecule has 0 saturated carbocycles. The maximum atomic E-state index is 12.8. The van der Waals surface area contributed by atoms with E-state index in [0.717, 1.165) is 16.7 Å². The van der Waals surface area contributed by atoms with E-state index in [0.29, 0.717) is 27.7 Å². The maximum absolute atomic E-state index is 12.8. The number of carbonyl (C=O) groups is 2. The zero-order chi connectivity index (χ0) is 25.0. The average Bonchev–Trinajstić information content (AvgIpc) is 2.76. The molecule has 0 bridgehead atoms. The molecule has 0 radical (unpaired) electrons. The Morgan fingerprint density at radius 3 is 2.26 bits per heavy atom. The van der Waals surface area contributed by atoms with Gasteiger partial charge in [-0.05, 0) is 57.9 Å². The minimum Gasteiger partial charge on any atom is -0.496 e. The van der Waals surface area contributed by atoms with Crippen LogP contribution in [0.3, 0.4) is 0 Å². The zero-order valence-corrected chi connectivity index (χ0v) is 20.8. The van der Waals surface area contributed by atoms with Crippen molar-refractivity contribution in [1.29, 1.82) is 0 Å². The lowest BCUT2D eigenvalue weighted by atomic mass is 9.98. The summed E-state index contributed by atoms with van der Waals surface area (Å²) in [4.78, 5) is 29.3. The number of hydrogen-bond acceptors (Lipinski definition) is 5. The number of amides is 2. The van der Waals surface area contributed by atoms with Crippen molar-refractivity contribution < 1.29 is 19.1 Å². The molecule has 34 heavy (non-hydrogen) atoms. The largest absolute Gasteiger partial charge is 0.496 e. The molecular weight excluding hydrogens is 454 g/mol. The summed E-state index contributed by atoms with van der Waals surface area (Å²) >= 11 is 6.65. The Morgan fingerprint density at radius 2 is 1.62 bits per heavy atom. The average molecular weight is 482 g/mol. The molecule has 2 N–H and O–H groups in total. The highest BCUT2D eigenvalue weighted by molar-refractivity contribution is 6.36. The second-order valence-corrected chi connectivity index (χ2v) is 9.14. The molecule has 1 aromatic heterocycles. The second kappa shape index (κ2) is 10.1. The third-order valence-electron chi connectivity index (χ3n) is 5.01. The Labute approximate surface area is 204 Å². The van der Waals surface area contributed by atoms with Gasteiger partial charge in [0, 0.05) is 29.1 Å². The number of rotatable bonds is 5. The first kappa shape index (κ1) is 25.1. The molecule has 178 valence electrons. The molecule has 0 spiro atoms. The summed E-state index contributed by atoms with van der Waals surface area (Å²) in [7, 11) is 1.55. The van der Waals surface area contributed by atoms with Crippen LogP contribution in [0.1, 0.15) is 42.4 Å². The van der Waals surface area contributed by atoms with E-state index in [1.807, 2.05) is 32.0 Å². The molecule has 8 heteroatoms. The molecule has 0 aliphatic rings. The molecule has 0 atom stereocenters. The van der Waals surface area contributed by atoms with Crippen LogP contribution in [0.5, 0.6) is 5.75 Å². The molecule has 7 nitrogen and oxygen atoms in total. The van der Waals surface area contributed by atoms with E-state index in [-0.39, 0.29) is 11.6 Å². The van der Waals surface area contributed by atoms with Gasteiger partial charge in [-0.3, -0.25) is 15.1 Å². The van der Waals surface area contributed by atoms with Crippen molar-refractivity contribution in [1.82, 2.24) is 4.98 Å². The number of aromatic nitrogens is 1. The third kappa shape index (κ3) is 5.85. The van der Waals surface area contributed by atoms with Gasteiger partial charge in [-0.25, -0.2) is 4.79 Å². The number of ether oxygens (including phenoxy) is 2. The van der Waals surface area contributed by atoms with Crippen molar-refractivity contribution in [3.8, 4) is 16.9 Å². The van der Waals surface area contributed by atoms with Crippen molar-refractivity contribution in [2.45, 2.75) is 40.2 Å². The standard InChI is InChI=1S/C26H28ClN3O4/c1-15-14-28-21(13-22(15)33-6)24(31)29-19-11-7-9-17(16(19)2)18-10-8-12-20(23(18)27)30-25(32)34-26(3,4)5/h7-14H,1-6H3,(H,29,31)(H,30,32). The molecule has 0 aliphatic carbocycles. The second-order valence-electron chi connectivity index (χ2n) is 8.77. The lowest BCUT2D eigenvalue weighted by molar-refractivity contribution is 0.0635. The molecule has 0 fully saturated rings. The fraction of sp³-hybridized carbons (Fsp3) is 0.269. The van der Waals surface area contributed by atoms with E-state index in [1.54, 1.807) is 58.3 Å². The Balaban J connectivity index is 1.89. The predicted octanol–water partition coefficient (Wildman–Crippen LogP) is 6.63. The van der Waals surface area contributed by atoms with Crippen LogP contribution in [0.25, 0.3) is 11.1 Å². The van der Waals surface area contributed by atoms with Gasteiger partial charge < -0.3 is 14.8 Å². The highest BCUT2D eigenvalue weighted by Gasteiger charge is 2.19. The van der Waals surface area contributed by atoms with E-state index < -0.39 is 11.7 Å². The van der Waals surface area contributed by atoms with Crippen LogP contribution in [0.2, 0.25) is 5.02 Å². The minimum atomic E-state index is -0.631. The summed E-state index contributed by atoms with van der Waals surface area (Å²) < 4.78 is 10.6. The van der Waals surface area contributed by atoms with Gasteiger partial charge in [-0.2, -0.15) is 0 Å². The van der Waals surface area contributed by atoms with Crippen molar-refractivity contribution in [3.05, 3.63) is 70.5 Å². The summed E-state index contributed by atoms with van der Waals surface area (Å²) in [6, 6.07) is 12.5. The number of halogens is 1. The van der Waals surface area contributed by atoms with Gasteiger partial charge in [0.1, 0.15) is 17.0 Å². The third-order valence-corrected chi connectivity index (χ3v) is 5.42. The maximum Gasteiger partial charge on any atom is 0.412 e. The number of methoxy groups -OCH3 is 1. The van der Waals surface area contributed by atoms with Crippen LogP contribution in [0, 0.1) is 13.8 Å². The summed E-state index contributed by atoms with van der Waals surface area (Å²) in [5.74, 6) is 0.233. The van der Waals surface area contributed by atoms with Crippen LogP contribution in [0.15, 0.2) is 48.7 Å². The SMILES string of the molecule is COc1cc(C(=O)Nc2cccc(-c3cccc(NC(=O)OC(C)(C)C)c3Cl)c2C)ncc1C. The Hall–Kier alpha value is -3.58. The van der Waals surface area contributed by atoms with Crippen molar-refractivity contribution in [2.75, 3.05) is 17.7 Å². The number of nitrogens with one attached hydrogen (secondary N) is 2. The van der Waals surface area contributed by atoms with E-state index in [2.05, 4.69) is 15.6 Å². The van der Waals surface area contributed by atoms with Gasteiger partial charge >= 0.3 is 6.09 Å². The van der Waals surface area contributed by atoms with E-state index >= 15 is 0 Å². The van der Waals surface area contributed by atoms with Gasteiger partial charge in [0.2, 0.25) is 0 Å². The summed E-state index contributed by atoms with van der Waals surface area (Å²) in [6.07, 6.45) is 1.00. The molecule has 0 saturated heterocycles. The Morgan fingerprint density at radius 1 is 0.971 bits per heavy atom. The minimum absolute atomic E-state index is 0.244. The molecule has 2 aromatic carbocycles. The number of nitrogens with zero attached hydrogens (tertiary/aromatic N) is 1. The van der Waals surface area contributed by atoms with Crippen LogP contribution < -0.4 is 15.4 Å². The van der Waals surface area contributed by atoms with Gasteiger partial charge in [0.15, 0.2) is 0 Å². The van der Waals surface area contributed by atoms with Crippen molar-refractivity contribution in [3.63, 3.8) is 0 Å². The number of hydrogen-bond donors (Lipinski definition) is 2. The molecule has 0 aliphatic heterocycles. The van der Waals surface area contributed by atoms with E-state index in [9.17, 15) is 9.59 Å². The molecule has 0 unspecified atom stereocenters. The Kier molecular flexibility index (Phi) is 7.47. The lowest BCUT2D eigenvalue weighted by Gasteiger charge is -2.20. The van der Waals surface area contributed by atoms with E-state index in [4.69, 9.17) is 21.1 Å². The van der Waals surface area contributed by atoms with Crippen LogP contribution in [-0.4, -0.2) is 29.7 Å². The lowest BCUT2D eigenvalue weighted by Crippen LogP contribution is -2.27. The van der Waals surface area contributed by atoms with Crippen molar-refractivity contribution >= 4 is 35.0 Å². The number of pyridine rings is 1. The highest BCUT2D eigenvalue weighted by atomic mass is 35.5. The van der Waals surface area contributed by atoms with Crippen molar-refractivity contribution in [2.24, 2.45) is 0 Å². The van der Waals surface area contributed by atoms with Gasteiger partial charge in [-0.15, -0.1) is 0 Å². The van der Waals surface area contributed by atoms with Gasteiger partial charge in [0.25, 0.3) is 5.91 Å². The molecule has 1 heterocycles. The first-order valence-electron chi connectivity index (χ1n) is 10.7. The zero-order valence-electron chi connectivity index (χ0n) is 20.1.